The molecule has 0 aliphatic carbocycles. The molecule has 1 amide bonds. The third-order valence-electron chi connectivity index (χ3n) is 4.97. The summed E-state index contributed by atoms with van der Waals surface area (Å²) in [6, 6.07) is 16.4. The number of methoxy groups -OCH3 is 2. The van der Waals surface area contributed by atoms with Crippen LogP contribution in [0.1, 0.15) is 12.6 Å². The van der Waals surface area contributed by atoms with Crippen molar-refractivity contribution >= 4 is 32.6 Å². The monoisotopic (exact) mass is 479 g/mol. The summed E-state index contributed by atoms with van der Waals surface area (Å²) in [7, 11) is 3.18. The number of carbonyl (C=O) groups excluding carboxylic acids is 1. The molecule has 8 nitrogen and oxygen atoms in total. The molecule has 34 heavy (non-hydrogen) atoms. The van der Waals surface area contributed by atoms with Crippen LogP contribution < -0.4 is 23.8 Å². The fourth-order valence-corrected chi connectivity index (χ4v) is 4.42. The largest absolute Gasteiger partial charge is 0.495 e. The Bertz CT molecular complexity index is 1200. The Kier molecular flexibility index (Phi) is 7.44. The summed E-state index contributed by atoms with van der Waals surface area (Å²) in [6.45, 7) is 2.59. The fourth-order valence-electron chi connectivity index (χ4n) is 3.33. The molecular weight excluding hydrogens is 454 g/mol. The Hall–Kier alpha value is -3.85. The van der Waals surface area contributed by atoms with Gasteiger partial charge in [0.25, 0.3) is 5.91 Å². The third-order valence-corrected chi connectivity index (χ3v) is 6.07. The Morgan fingerprint density at radius 2 is 1.65 bits per heavy atom. The number of fused-ring (bicyclic) bond motifs is 1. The summed E-state index contributed by atoms with van der Waals surface area (Å²) in [4.78, 5) is 24.0. The quantitative estimate of drug-likeness (QED) is 0.325. The van der Waals surface area contributed by atoms with Crippen LogP contribution in [0.2, 0.25) is 0 Å². The van der Waals surface area contributed by atoms with Gasteiger partial charge in [0, 0.05) is 6.20 Å². The first-order valence-corrected chi connectivity index (χ1v) is 11.5. The minimum Gasteiger partial charge on any atom is -0.495 e. The second-order valence-electron chi connectivity index (χ2n) is 7.14. The van der Waals surface area contributed by atoms with E-state index < -0.39 is 0 Å². The number of benzene rings is 2. The predicted molar refractivity (Wildman–Crippen MR) is 131 cm³/mol. The molecule has 0 saturated carbocycles. The number of ether oxygens (including phenoxy) is 4. The van der Waals surface area contributed by atoms with E-state index in [1.54, 1.807) is 55.6 Å². The molecule has 0 fully saturated rings. The first kappa shape index (κ1) is 23.3. The zero-order chi connectivity index (χ0) is 23.9. The summed E-state index contributed by atoms with van der Waals surface area (Å²) in [6.07, 6.45) is 1.69. The van der Waals surface area contributed by atoms with Gasteiger partial charge in [-0.15, -0.1) is 0 Å². The molecule has 176 valence electrons. The van der Waals surface area contributed by atoms with E-state index >= 15 is 0 Å². The molecule has 0 N–H and O–H groups in total. The van der Waals surface area contributed by atoms with Crippen LogP contribution in [-0.2, 0) is 11.3 Å². The van der Waals surface area contributed by atoms with E-state index in [4.69, 9.17) is 23.9 Å². The van der Waals surface area contributed by atoms with E-state index in [0.29, 0.717) is 34.5 Å². The lowest BCUT2D eigenvalue weighted by Crippen LogP contribution is -2.34. The van der Waals surface area contributed by atoms with Crippen molar-refractivity contribution in [1.29, 1.82) is 0 Å². The maximum absolute atomic E-state index is 13.3. The van der Waals surface area contributed by atoms with Crippen LogP contribution in [0.5, 0.6) is 23.0 Å². The number of aromatic nitrogens is 2. The predicted octanol–water partition coefficient (Wildman–Crippen LogP) is 4.72. The maximum atomic E-state index is 13.3. The number of nitrogens with zero attached hydrogens (tertiary/aromatic N) is 3. The number of hydrogen-bond donors (Lipinski definition) is 0. The van der Waals surface area contributed by atoms with Gasteiger partial charge in [0.05, 0.1) is 33.1 Å². The van der Waals surface area contributed by atoms with Gasteiger partial charge in [0.2, 0.25) is 0 Å². The zero-order valence-electron chi connectivity index (χ0n) is 19.2. The van der Waals surface area contributed by atoms with Crippen molar-refractivity contribution in [2.45, 2.75) is 13.5 Å². The third kappa shape index (κ3) is 5.20. The van der Waals surface area contributed by atoms with E-state index in [1.807, 2.05) is 31.2 Å². The van der Waals surface area contributed by atoms with Crippen LogP contribution in [0, 0.1) is 0 Å². The van der Waals surface area contributed by atoms with Crippen LogP contribution in [0.15, 0.2) is 60.8 Å². The van der Waals surface area contributed by atoms with Crippen LogP contribution >= 0.6 is 11.3 Å². The molecule has 0 radical (unpaired) electrons. The number of amides is 1. The van der Waals surface area contributed by atoms with Gasteiger partial charge in [0.15, 0.2) is 11.7 Å². The smallest absolute Gasteiger partial charge is 0.267 e. The Morgan fingerprint density at radius 3 is 2.29 bits per heavy atom. The lowest BCUT2D eigenvalue weighted by molar-refractivity contribution is -0.120. The number of thiazole rings is 1. The second kappa shape index (κ2) is 10.8. The van der Waals surface area contributed by atoms with Crippen molar-refractivity contribution in [2.24, 2.45) is 0 Å². The first-order chi connectivity index (χ1) is 16.6. The van der Waals surface area contributed by atoms with E-state index in [1.165, 1.54) is 11.3 Å². The summed E-state index contributed by atoms with van der Waals surface area (Å²) in [5.41, 5.74) is 1.36. The highest BCUT2D eigenvalue weighted by atomic mass is 32.1. The van der Waals surface area contributed by atoms with Gasteiger partial charge in [-0.25, -0.2) is 4.98 Å². The van der Waals surface area contributed by atoms with Crippen molar-refractivity contribution < 1.29 is 23.7 Å². The van der Waals surface area contributed by atoms with Crippen molar-refractivity contribution in [3.63, 3.8) is 0 Å². The molecule has 4 aromatic rings. The number of pyridine rings is 1. The molecular formula is C25H25N3O5S. The van der Waals surface area contributed by atoms with Crippen LogP contribution in [-0.4, -0.2) is 43.3 Å². The summed E-state index contributed by atoms with van der Waals surface area (Å²) in [5.74, 6) is 2.33. The lowest BCUT2D eigenvalue weighted by Gasteiger charge is -2.19. The molecule has 0 unspecified atom stereocenters. The van der Waals surface area contributed by atoms with Gasteiger partial charge in [-0.2, -0.15) is 0 Å². The highest BCUT2D eigenvalue weighted by Crippen LogP contribution is 2.40. The number of anilines is 1. The molecule has 0 spiro atoms. The average Bonchev–Trinajstić information content (AvgIpc) is 3.32. The Balaban J connectivity index is 1.62. The fraction of sp³-hybridized carbons (Fsp3) is 0.240. The maximum Gasteiger partial charge on any atom is 0.267 e. The van der Waals surface area contributed by atoms with E-state index in [2.05, 4.69) is 4.98 Å². The Labute approximate surface area is 201 Å². The van der Waals surface area contributed by atoms with E-state index in [9.17, 15) is 4.79 Å². The molecule has 0 atom stereocenters. The number of hydrogen-bond acceptors (Lipinski definition) is 8. The molecule has 0 bridgehead atoms. The van der Waals surface area contributed by atoms with Gasteiger partial charge in [-0.05, 0) is 55.5 Å². The Morgan fingerprint density at radius 1 is 0.941 bits per heavy atom. The molecule has 2 aromatic heterocycles. The van der Waals surface area contributed by atoms with E-state index in [0.717, 1.165) is 16.1 Å². The highest BCUT2D eigenvalue weighted by Gasteiger charge is 2.24. The molecule has 2 aromatic carbocycles. The topological polar surface area (TPSA) is 83.0 Å². The van der Waals surface area contributed by atoms with Gasteiger partial charge in [0.1, 0.15) is 33.2 Å². The second-order valence-corrected chi connectivity index (χ2v) is 8.12. The molecule has 2 heterocycles. The average molecular weight is 480 g/mol. The van der Waals surface area contributed by atoms with Crippen molar-refractivity contribution in [1.82, 2.24) is 9.97 Å². The molecule has 0 saturated heterocycles. The van der Waals surface area contributed by atoms with Gasteiger partial charge in [-0.3, -0.25) is 14.7 Å². The number of carbonyl (C=O) groups is 1. The van der Waals surface area contributed by atoms with Crippen LogP contribution in [0.25, 0.3) is 10.2 Å². The molecule has 9 heteroatoms. The summed E-state index contributed by atoms with van der Waals surface area (Å²) >= 11 is 1.35. The normalized spacial score (nSPS) is 10.7. The van der Waals surface area contributed by atoms with Gasteiger partial charge >= 0.3 is 0 Å². The SMILES string of the molecule is CCOc1ccc(OCC(=O)N(Cc2ccccn2)c2nc3c(OC)ccc(OC)c3s2)cc1. The van der Waals surface area contributed by atoms with Gasteiger partial charge < -0.3 is 18.9 Å². The molecule has 0 aliphatic heterocycles. The lowest BCUT2D eigenvalue weighted by atomic mass is 10.3. The summed E-state index contributed by atoms with van der Waals surface area (Å²) in [5, 5.41) is 0.503. The minimum absolute atomic E-state index is 0.162. The molecule has 0 aliphatic rings. The van der Waals surface area contributed by atoms with Crippen LogP contribution in [0.3, 0.4) is 0 Å². The highest BCUT2D eigenvalue weighted by molar-refractivity contribution is 7.22. The van der Waals surface area contributed by atoms with Crippen molar-refractivity contribution in [3.8, 4) is 23.0 Å². The zero-order valence-corrected chi connectivity index (χ0v) is 20.0. The van der Waals surface area contributed by atoms with Crippen LogP contribution in [0.4, 0.5) is 5.13 Å². The molecule has 4 rings (SSSR count). The first-order valence-electron chi connectivity index (χ1n) is 10.7. The number of rotatable bonds is 10. The van der Waals surface area contributed by atoms with Crippen molar-refractivity contribution in [2.75, 3.05) is 32.3 Å². The summed E-state index contributed by atoms with van der Waals surface area (Å²) < 4.78 is 23.0. The van der Waals surface area contributed by atoms with Crippen molar-refractivity contribution in [3.05, 3.63) is 66.5 Å². The van der Waals surface area contributed by atoms with Gasteiger partial charge in [-0.1, -0.05) is 17.4 Å². The minimum atomic E-state index is -0.253. The van der Waals surface area contributed by atoms with E-state index in [-0.39, 0.29) is 19.1 Å². The standard InChI is InChI=1S/C25H25N3O5S/c1-4-32-18-8-10-19(11-9-18)33-16-22(29)28(15-17-7-5-6-14-26-17)25-27-23-20(30-2)12-13-21(31-3)24(23)34-25/h5-14H,4,15-16H2,1-3H3.